The minimum Gasteiger partial charge on any atom is -0.436 e. The van der Waals surface area contributed by atoms with E-state index in [4.69, 9.17) is 4.42 Å². The molecule has 1 heterocycles. The van der Waals surface area contributed by atoms with Crippen LogP contribution in [-0.4, -0.2) is 18.7 Å². The van der Waals surface area contributed by atoms with E-state index in [1.807, 2.05) is 0 Å². The fraction of sp³-hybridized carbons (Fsp3) is 0.700. The van der Waals surface area contributed by atoms with E-state index < -0.39 is 9.84 Å². The van der Waals surface area contributed by atoms with E-state index in [2.05, 4.69) is 4.98 Å². The first-order valence-corrected chi connectivity index (χ1v) is 6.81. The molecular weight excluding hydrogens is 214 g/mol. The molecular formula is C10H15NO3S. The fourth-order valence-corrected chi connectivity index (χ4v) is 3.67. The predicted octanol–water partition coefficient (Wildman–Crippen LogP) is 2.09. The maximum Gasteiger partial charge on any atom is 0.315 e. The smallest absolute Gasteiger partial charge is 0.315 e. The lowest BCUT2D eigenvalue weighted by molar-refractivity contribution is 0.414. The number of sulfone groups is 1. The third-order valence-electron chi connectivity index (χ3n) is 2.83. The number of hydrogen-bond acceptors (Lipinski definition) is 4. The van der Waals surface area contributed by atoms with Gasteiger partial charge >= 0.3 is 5.22 Å². The van der Waals surface area contributed by atoms with Crippen LogP contribution >= 0.6 is 0 Å². The van der Waals surface area contributed by atoms with Crippen molar-refractivity contribution in [1.82, 2.24) is 4.98 Å². The highest BCUT2D eigenvalue weighted by Gasteiger charge is 2.32. The molecule has 4 nitrogen and oxygen atoms in total. The average molecular weight is 229 g/mol. The summed E-state index contributed by atoms with van der Waals surface area (Å²) in [5.41, 5.74) is 0.615. The van der Waals surface area contributed by atoms with Crippen LogP contribution < -0.4 is 0 Å². The average Bonchev–Trinajstić information content (AvgIpc) is 2.67. The van der Waals surface area contributed by atoms with Gasteiger partial charge in [-0.2, -0.15) is 0 Å². The Morgan fingerprint density at radius 1 is 1.33 bits per heavy atom. The van der Waals surface area contributed by atoms with Crippen LogP contribution in [-0.2, 0) is 9.84 Å². The number of aromatic nitrogens is 1. The van der Waals surface area contributed by atoms with E-state index in [1.54, 1.807) is 6.92 Å². The van der Waals surface area contributed by atoms with E-state index >= 15 is 0 Å². The Bertz CT molecular complexity index is 429. The number of rotatable bonds is 2. The minimum absolute atomic E-state index is 0.105. The molecule has 1 aromatic rings. The topological polar surface area (TPSA) is 60.2 Å². The second kappa shape index (κ2) is 3.96. The van der Waals surface area contributed by atoms with Crippen LogP contribution in [0.15, 0.2) is 15.9 Å². The summed E-state index contributed by atoms with van der Waals surface area (Å²) in [5, 5.41) is -0.392. The van der Waals surface area contributed by atoms with Gasteiger partial charge in [-0.3, -0.25) is 0 Å². The molecule has 0 aliphatic heterocycles. The van der Waals surface area contributed by atoms with Gasteiger partial charge in [-0.25, -0.2) is 13.4 Å². The molecule has 0 atom stereocenters. The predicted molar refractivity (Wildman–Crippen MR) is 55.3 cm³/mol. The van der Waals surface area contributed by atoms with Gasteiger partial charge in [0.2, 0.25) is 9.84 Å². The molecule has 1 aliphatic carbocycles. The van der Waals surface area contributed by atoms with Crippen molar-refractivity contribution in [2.45, 2.75) is 49.5 Å². The van der Waals surface area contributed by atoms with Crippen molar-refractivity contribution in [2.75, 3.05) is 0 Å². The summed E-state index contributed by atoms with van der Waals surface area (Å²) in [6.07, 6.45) is 5.98. The highest BCUT2D eigenvalue weighted by molar-refractivity contribution is 7.91. The minimum atomic E-state index is -3.32. The normalized spacial score (nSPS) is 19.3. The number of aryl methyl sites for hydroxylation is 1. The van der Waals surface area contributed by atoms with Crippen LogP contribution in [0.3, 0.4) is 0 Å². The molecule has 1 aliphatic rings. The lowest BCUT2D eigenvalue weighted by Gasteiger charge is -2.19. The fourth-order valence-electron chi connectivity index (χ4n) is 1.98. The quantitative estimate of drug-likeness (QED) is 0.779. The van der Waals surface area contributed by atoms with E-state index in [0.717, 1.165) is 32.1 Å². The Morgan fingerprint density at radius 2 is 2.00 bits per heavy atom. The first kappa shape index (κ1) is 10.7. The Kier molecular flexibility index (Phi) is 2.82. The summed E-state index contributed by atoms with van der Waals surface area (Å²) in [6, 6.07) is 0. The summed E-state index contributed by atoms with van der Waals surface area (Å²) in [4.78, 5) is 3.90. The van der Waals surface area contributed by atoms with Crippen LogP contribution in [0.2, 0.25) is 0 Å². The molecule has 0 amide bonds. The van der Waals surface area contributed by atoms with E-state index in [-0.39, 0.29) is 10.5 Å². The van der Waals surface area contributed by atoms with Crippen molar-refractivity contribution >= 4 is 9.84 Å². The van der Waals surface area contributed by atoms with Gasteiger partial charge in [0.1, 0.15) is 6.26 Å². The van der Waals surface area contributed by atoms with Crippen molar-refractivity contribution in [3.63, 3.8) is 0 Å². The zero-order chi connectivity index (χ0) is 10.9. The Labute approximate surface area is 89.6 Å². The standard InChI is InChI=1S/C10H15NO3S/c1-8-7-14-10(11-8)15(12,13)9-5-3-2-4-6-9/h7,9H,2-6H2,1H3. The monoisotopic (exact) mass is 229 g/mol. The molecule has 0 saturated heterocycles. The molecule has 0 aromatic carbocycles. The lowest BCUT2D eigenvalue weighted by Crippen LogP contribution is -2.24. The number of oxazole rings is 1. The summed E-state index contributed by atoms with van der Waals surface area (Å²) in [7, 11) is -3.32. The van der Waals surface area contributed by atoms with Crippen LogP contribution in [0.4, 0.5) is 0 Å². The molecule has 0 spiro atoms. The largest absolute Gasteiger partial charge is 0.436 e. The first-order chi connectivity index (χ1) is 7.10. The van der Waals surface area contributed by atoms with Crippen molar-refractivity contribution in [3.05, 3.63) is 12.0 Å². The SMILES string of the molecule is Cc1coc(S(=O)(=O)C2CCCCC2)n1. The summed E-state index contributed by atoms with van der Waals surface area (Å²) >= 11 is 0. The molecule has 0 bridgehead atoms. The highest BCUT2D eigenvalue weighted by Crippen LogP contribution is 2.27. The second-order valence-corrected chi connectivity index (χ2v) is 6.17. The third kappa shape index (κ3) is 2.07. The Morgan fingerprint density at radius 3 is 2.53 bits per heavy atom. The molecule has 1 saturated carbocycles. The number of nitrogens with zero attached hydrogens (tertiary/aromatic N) is 1. The summed E-state index contributed by atoms with van der Waals surface area (Å²) in [5.74, 6) is 0. The second-order valence-electron chi connectivity index (χ2n) is 4.06. The molecule has 0 unspecified atom stereocenters. The molecule has 1 aromatic heterocycles. The Balaban J connectivity index is 2.26. The van der Waals surface area contributed by atoms with Crippen molar-refractivity contribution in [3.8, 4) is 0 Å². The van der Waals surface area contributed by atoms with Crippen molar-refractivity contribution in [1.29, 1.82) is 0 Å². The highest BCUT2D eigenvalue weighted by atomic mass is 32.2. The maximum absolute atomic E-state index is 12.0. The van der Waals surface area contributed by atoms with Gasteiger partial charge in [-0.15, -0.1) is 0 Å². The van der Waals surface area contributed by atoms with Gasteiger partial charge < -0.3 is 4.42 Å². The van der Waals surface area contributed by atoms with Gasteiger partial charge in [-0.1, -0.05) is 19.3 Å². The summed E-state index contributed by atoms with van der Waals surface area (Å²) < 4.78 is 29.1. The van der Waals surface area contributed by atoms with Gasteiger partial charge in [0.05, 0.1) is 10.9 Å². The van der Waals surface area contributed by atoms with E-state index in [1.165, 1.54) is 6.26 Å². The zero-order valence-corrected chi connectivity index (χ0v) is 9.59. The van der Waals surface area contributed by atoms with Gasteiger partial charge in [0.25, 0.3) is 0 Å². The Hall–Kier alpha value is -0.840. The van der Waals surface area contributed by atoms with Crippen LogP contribution in [0.25, 0.3) is 0 Å². The first-order valence-electron chi connectivity index (χ1n) is 5.27. The molecule has 15 heavy (non-hydrogen) atoms. The lowest BCUT2D eigenvalue weighted by atomic mass is 10.0. The third-order valence-corrected chi connectivity index (χ3v) is 4.86. The molecule has 1 fully saturated rings. The summed E-state index contributed by atoms with van der Waals surface area (Å²) in [6.45, 7) is 1.73. The van der Waals surface area contributed by atoms with E-state index in [0.29, 0.717) is 5.69 Å². The van der Waals surface area contributed by atoms with Gasteiger partial charge in [-0.05, 0) is 19.8 Å². The van der Waals surface area contributed by atoms with Gasteiger partial charge in [0, 0.05) is 0 Å². The van der Waals surface area contributed by atoms with Crippen LogP contribution in [0, 0.1) is 6.92 Å². The maximum atomic E-state index is 12.0. The van der Waals surface area contributed by atoms with Crippen LogP contribution in [0.5, 0.6) is 0 Å². The molecule has 0 N–H and O–H groups in total. The van der Waals surface area contributed by atoms with E-state index in [9.17, 15) is 8.42 Å². The van der Waals surface area contributed by atoms with Crippen molar-refractivity contribution in [2.24, 2.45) is 0 Å². The molecule has 5 heteroatoms. The molecule has 0 radical (unpaired) electrons. The van der Waals surface area contributed by atoms with Gasteiger partial charge in [0.15, 0.2) is 0 Å². The van der Waals surface area contributed by atoms with Crippen molar-refractivity contribution < 1.29 is 12.8 Å². The molecule has 84 valence electrons. The number of hydrogen-bond donors (Lipinski definition) is 0. The van der Waals surface area contributed by atoms with Crippen LogP contribution in [0.1, 0.15) is 37.8 Å². The molecule has 2 rings (SSSR count). The zero-order valence-electron chi connectivity index (χ0n) is 8.77.